The largest absolute Gasteiger partial charge is 0.484 e. The van der Waals surface area contributed by atoms with Gasteiger partial charge in [-0.15, -0.1) is 0 Å². The molecule has 0 amide bonds. The number of ether oxygens (including phenoxy) is 1. The molecule has 11 nitrogen and oxygen atoms in total. The number of nitrogen functional groups attached to an aromatic ring is 1. The molecule has 1 fully saturated rings. The standard InChI is InChI=1S/C33H37F3N8O3S/c1-19(20-6-9-23(34)10-7-20)47-27-14-21(8-11-26(27)41-48(45,46)32(35)36)29-28-30(43(5)40-29)25(17-38-31(28)37)22-16-39-44(18-22)24-12-13-42(4)33(2,3)15-24/h6-11,14,16-19,24,32,41H,12-13,15H2,1-5H3,(H2,37,38)/t19-,24?/m0/s1. The quantitative estimate of drug-likeness (QED) is 0.183. The predicted molar refractivity (Wildman–Crippen MR) is 179 cm³/mol. The SMILES string of the molecule is C[C@H](Oc1cc(-c2nn(C)c3c(-c4cnn(C5CCN(C)C(C)(C)C5)c4)cnc(N)c23)ccc1NS(=O)(=O)C(F)F)c1ccc(F)cc1. The van der Waals surface area contributed by atoms with Crippen molar-refractivity contribution in [1.29, 1.82) is 0 Å². The van der Waals surface area contributed by atoms with Crippen LogP contribution in [0.25, 0.3) is 33.3 Å². The van der Waals surface area contributed by atoms with E-state index in [0.29, 0.717) is 27.7 Å². The van der Waals surface area contributed by atoms with Crippen molar-refractivity contribution in [2.24, 2.45) is 7.05 Å². The van der Waals surface area contributed by atoms with Crippen LogP contribution in [-0.2, 0) is 17.1 Å². The van der Waals surface area contributed by atoms with Crippen molar-refractivity contribution in [3.8, 4) is 28.1 Å². The van der Waals surface area contributed by atoms with Crippen LogP contribution in [0.15, 0.2) is 61.1 Å². The van der Waals surface area contributed by atoms with Crippen LogP contribution in [0.1, 0.15) is 51.3 Å². The summed E-state index contributed by atoms with van der Waals surface area (Å²) in [4.78, 5) is 6.84. The summed E-state index contributed by atoms with van der Waals surface area (Å²) in [6.07, 6.45) is 6.71. The van der Waals surface area contributed by atoms with Crippen LogP contribution < -0.4 is 15.2 Å². The number of pyridine rings is 1. The van der Waals surface area contributed by atoms with Gasteiger partial charge in [0.1, 0.15) is 29.2 Å². The van der Waals surface area contributed by atoms with Gasteiger partial charge in [0.05, 0.1) is 28.8 Å². The van der Waals surface area contributed by atoms with Gasteiger partial charge in [-0.05, 0) is 70.5 Å². The molecular formula is C33H37F3N8O3S. The van der Waals surface area contributed by atoms with E-state index in [0.717, 1.165) is 30.5 Å². The maximum absolute atomic E-state index is 13.6. The van der Waals surface area contributed by atoms with Crippen molar-refractivity contribution in [2.75, 3.05) is 24.0 Å². The number of sulfonamides is 1. The number of alkyl halides is 2. The maximum Gasteiger partial charge on any atom is 0.355 e. The van der Waals surface area contributed by atoms with Crippen LogP contribution in [0.2, 0.25) is 0 Å². The van der Waals surface area contributed by atoms with Gasteiger partial charge in [-0.2, -0.15) is 19.0 Å². The van der Waals surface area contributed by atoms with E-state index in [-0.39, 0.29) is 28.8 Å². The number of anilines is 2. The minimum absolute atomic E-state index is 0.0378. The maximum atomic E-state index is 13.6. The highest BCUT2D eigenvalue weighted by molar-refractivity contribution is 7.93. The summed E-state index contributed by atoms with van der Waals surface area (Å²) in [6, 6.07) is 10.1. The lowest BCUT2D eigenvalue weighted by Crippen LogP contribution is -2.47. The fourth-order valence-electron chi connectivity index (χ4n) is 6.17. The Morgan fingerprint density at radius 3 is 2.50 bits per heavy atom. The third-order valence-corrected chi connectivity index (χ3v) is 10.1. The highest BCUT2D eigenvalue weighted by Crippen LogP contribution is 2.41. The molecule has 6 rings (SSSR count). The Balaban J connectivity index is 1.41. The van der Waals surface area contributed by atoms with E-state index in [9.17, 15) is 21.6 Å². The van der Waals surface area contributed by atoms with Gasteiger partial charge in [-0.1, -0.05) is 18.2 Å². The zero-order valence-corrected chi connectivity index (χ0v) is 28.0. The number of halogens is 3. The monoisotopic (exact) mass is 682 g/mol. The topological polar surface area (TPSA) is 133 Å². The number of hydrogen-bond acceptors (Lipinski definition) is 8. The smallest absolute Gasteiger partial charge is 0.355 e. The molecule has 0 saturated carbocycles. The zero-order valence-electron chi connectivity index (χ0n) is 27.2. The number of nitrogens with one attached hydrogen (secondary N) is 1. The first kappa shape index (κ1) is 33.3. The number of nitrogens with two attached hydrogens (primary N) is 1. The number of fused-ring (bicyclic) bond motifs is 1. The zero-order chi connectivity index (χ0) is 34.5. The first-order valence-electron chi connectivity index (χ1n) is 15.4. The molecule has 0 spiro atoms. The third-order valence-electron chi connectivity index (χ3n) is 9.13. The fourth-order valence-corrected chi connectivity index (χ4v) is 6.74. The minimum Gasteiger partial charge on any atom is -0.484 e. The lowest BCUT2D eigenvalue weighted by Gasteiger charge is -2.43. The second-order valence-electron chi connectivity index (χ2n) is 12.8. The van der Waals surface area contributed by atoms with Crippen molar-refractivity contribution >= 4 is 32.4 Å². The van der Waals surface area contributed by atoms with Crippen molar-refractivity contribution in [3.05, 3.63) is 72.4 Å². The van der Waals surface area contributed by atoms with Crippen LogP contribution in [0, 0.1) is 5.82 Å². The van der Waals surface area contributed by atoms with Crippen LogP contribution in [0.5, 0.6) is 5.75 Å². The van der Waals surface area contributed by atoms with Crippen LogP contribution in [0.3, 0.4) is 0 Å². The Labute approximate surface area is 276 Å². The molecule has 1 unspecified atom stereocenters. The molecule has 0 bridgehead atoms. The van der Waals surface area contributed by atoms with Crippen molar-refractivity contribution in [3.63, 3.8) is 0 Å². The van der Waals surface area contributed by atoms with Gasteiger partial charge in [-0.3, -0.25) is 14.1 Å². The second kappa shape index (κ2) is 12.4. The van der Waals surface area contributed by atoms with Crippen molar-refractivity contribution < 1.29 is 26.3 Å². The molecule has 3 aromatic heterocycles. The number of likely N-dealkylation sites (tertiary alicyclic amines) is 1. The van der Waals surface area contributed by atoms with E-state index < -0.39 is 27.7 Å². The Morgan fingerprint density at radius 1 is 1.08 bits per heavy atom. The van der Waals surface area contributed by atoms with E-state index in [2.05, 4.69) is 30.8 Å². The van der Waals surface area contributed by atoms with Gasteiger partial charge in [0.2, 0.25) is 0 Å². The van der Waals surface area contributed by atoms with Gasteiger partial charge in [-0.25, -0.2) is 17.8 Å². The number of rotatable bonds is 9. The molecule has 2 aromatic carbocycles. The summed E-state index contributed by atoms with van der Waals surface area (Å²) in [5.41, 5.74) is 10.1. The number of piperidine rings is 1. The Kier molecular flexibility index (Phi) is 8.62. The molecule has 3 N–H and O–H groups in total. The van der Waals surface area contributed by atoms with Gasteiger partial charge < -0.3 is 15.4 Å². The predicted octanol–water partition coefficient (Wildman–Crippen LogP) is 6.37. The lowest BCUT2D eigenvalue weighted by atomic mass is 9.87. The van der Waals surface area contributed by atoms with Crippen LogP contribution in [0.4, 0.5) is 24.7 Å². The average Bonchev–Trinajstić information content (AvgIpc) is 3.66. The molecular weight excluding hydrogens is 645 g/mol. The Hall–Kier alpha value is -4.63. The molecule has 4 heterocycles. The summed E-state index contributed by atoms with van der Waals surface area (Å²) < 4.78 is 76.2. The molecule has 1 saturated heterocycles. The Bertz CT molecular complexity index is 2080. The minimum atomic E-state index is -5.02. The first-order valence-corrected chi connectivity index (χ1v) is 16.9. The van der Waals surface area contributed by atoms with Gasteiger partial charge in [0.25, 0.3) is 10.0 Å². The molecule has 1 aliphatic heterocycles. The van der Waals surface area contributed by atoms with Gasteiger partial charge in [0.15, 0.2) is 0 Å². The normalized spacial score (nSPS) is 17.6. The Morgan fingerprint density at radius 2 is 1.81 bits per heavy atom. The number of aromatic nitrogens is 5. The van der Waals surface area contributed by atoms with Crippen molar-refractivity contribution in [1.82, 2.24) is 29.4 Å². The van der Waals surface area contributed by atoms with E-state index in [1.807, 2.05) is 15.6 Å². The van der Waals surface area contributed by atoms with Gasteiger partial charge in [0, 0.05) is 48.2 Å². The number of nitrogens with zero attached hydrogens (tertiary/aromatic N) is 6. The van der Waals surface area contributed by atoms with E-state index >= 15 is 0 Å². The molecule has 254 valence electrons. The number of aryl methyl sites for hydroxylation is 1. The van der Waals surface area contributed by atoms with Crippen LogP contribution in [-0.4, -0.2) is 62.8 Å². The second-order valence-corrected chi connectivity index (χ2v) is 14.4. The molecule has 15 heteroatoms. The van der Waals surface area contributed by atoms with Crippen molar-refractivity contribution in [2.45, 2.75) is 57.1 Å². The average molecular weight is 683 g/mol. The molecule has 48 heavy (non-hydrogen) atoms. The van der Waals surface area contributed by atoms with E-state index in [1.165, 1.54) is 42.5 Å². The molecule has 5 aromatic rings. The number of benzene rings is 2. The highest BCUT2D eigenvalue weighted by atomic mass is 32.2. The lowest BCUT2D eigenvalue weighted by molar-refractivity contribution is 0.0719. The molecule has 2 atom stereocenters. The summed E-state index contributed by atoms with van der Waals surface area (Å²) in [5, 5.41) is 10.0. The third kappa shape index (κ3) is 6.31. The van der Waals surface area contributed by atoms with E-state index in [1.54, 1.807) is 31.0 Å². The highest BCUT2D eigenvalue weighted by Gasteiger charge is 2.34. The summed E-state index contributed by atoms with van der Waals surface area (Å²) in [5.74, 6) is -3.94. The molecule has 1 aliphatic rings. The van der Waals surface area contributed by atoms with E-state index in [4.69, 9.17) is 20.7 Å². The number of hydrogen-bond donors (Lipinski definition) is 2. The first-order chi connectivity index (χ1) is 22.6. The molecule has 0 aliphatic carbocycles. The fraction of sp³-hybridized carbons (Fsp3) is 0.364. The van der Waals surface area contributed by atoms with Crippen LogP contribution >= 0.6 is 0 Å². The summed E-state index contributed by atoms with van der Waals surface area (Å²) in [6.45, 7) is 7.09. The summed E-state index contributed by atoms with van der Waals surface area (Å²) >= 11 is 0. The molecule has 0 radical (unpaired) electrons. The summed E-state index contributed by atoms with van der Waals surface area (Å²) in [7, 11) is -1.11. The van der Waals surface area contributed by atoms with Gasteiger partial charge >= 0.3 is 5.76 Å².